The van der Waals surface area contributed by atoms with Gasteiger partial charge in [0, 0.05) is 28.1 Å². The monoisotopic (exact) mass is 387 g/mol. The number of benzene rings is 2. The molecule has 138 valence electrons. The normalized spacial score (nSPS) is 10.8. The number of nitrogens with zero attached hydrogens (tertiary/aromatic N) is 1. The fraction of sp³-hybridized carbons (Fsp3) is 0.0455. The van der Waals surface area contributed by atoms with Crippen molar-refractivity contribution in [1.29, 1.82) is 5.26 Å². The van der Waals surface area contributed by atoms with Crippen molar-refractivity contribution < 1.29 is 9.59 Å². The lowest BCUT2D eigenvalue weighted by Gasteiger charge is -2.06. The highest BCUT2D eigenvalue weighted by atomic mass is 32.1. The summed E-state index contributed by atoms with van der Waals surface area (Å²) in [7, 11) is 0. The molecule has 2 N–H and O–H groups in total. The van der Waals surface area contributed by atoms with Crippen LogP contribution in [0.4, 0.5) is 11.4 Å². The molecule has 28 heavy (non-hydrogen) atoms. The van der Waals surface area contributed by atoms with E-state index in [0.717, 1.165) is 15.3 Å². The van der Waals surface area contributed by atoms with Gasteiger partial charge in [-0.05, 0) is 48.0 Å². The summed E-state index contributed by atoms with van der Waals surface area (Å²) in [5.74, 6) is -0.651. The minimum absolute atomic E-state index is 0.0207. The van der Waals surface area contributed by atoms with Gasteiger partial charge in [-0.2, -0.15) is 5.26 Å². The van der Waals surface area contributed by atoms with Crippen LogP contribution < -0.4 is 10.6 Å². The quantitative estimate of drug-likeness (QED) is 0.482. The van der Waals surface area contributed by atoms with Crippen LogP contribution in [0.2, 0.25) is 0 Å². The first-order valence-corrected chi connectivity index (χ1v) is 9.33. The Morgan fingerprint density at radius 1 is 0.929 bits per heavy atom. The van der Waals surface area contributed by atoms with Crippen LogP contribution in [0.1, 0.15) is 11.8 Å². The summed E-state index contributed by atoms with van der Waals surface area (Å²) in [6, 6.07) is 22.4. The van der Waals surface area contributed by atoms with Gasteiger partial charge in [0.15, 0.2) is 0 Å². The fourth-order valence-corrected chi connectivity index (χ4v) is 3.47. The van der Waals surface area contributed by atoms with Gasteiger partial charge in [-0.15, -0.1) is 11.3 Å². The minimum Gasteiger partial charge on any atom is -0.326 e. The zero-order valence-corrected chi connectivity index (χ0v) is 15.9. The molecular weight excluding hydrogens is 370 g/mol. The molecule has 3 rings (SSSR count). The van der Waals surface area contributed by atoms with Gasteiger partial charge in [0.05, 0.1) is 0 Å². The average Bonchev–Trinajstić information content (AvgIpc) is 3.16. The molecule has 3 aromatic rings. The van der Waals surface area contributed by atoms with Crippen LogP contribution in [0.3, 0.4) is 0 Å². The summed E-state index contributed by atoms with van der Waals surface area (Å²) in [4.78, 5) is 25.4. The first-order chi connectivity index (χ1) is 13.5. The largest absolute Gasteiger partial charge is 0.326 e. The van der Waals surface area contributed by atoms with Gasteiger partial charge in [-0.25, -0.2) is 0 Å². The lowest BCUT2D eigenvalue weighted by Crippen LogP contribution is -2.13. The minimum atomic E-state index is -0.482. The van der Waals surface area contributed by atoms with Crippen LogP contribution in [0.25, 0.3) is 16.5 Å². The number of nitriles is 1. The van der Waals surface area contributed by atoms with Crippen LogP contribution in [0.5, 0.6) is 0 Å². The molecule has 0 bridgehead atoms. The van der Waals surface area contributed by atoms with E-state index in [2.05, 4.69) is 10.6 Å². The zero-order chi connectivity index (χ0) is 19.9. The molecule has 0 fully saturated rings. The molecule has 2 aromatic carbocycles. The lowest BCUT2D eigenvalue weighted by atomic mass is 10.2. The third-order valence-corrected chi connectivity index (χ3v) is 4.88. The van der Waals surface area contributed by atoms with Gasteiger partial charge in [0.1, 0.15) is 11.6 Å². The maximum Gasteiger partial charge on any atom is 0.266 e. The zero-order valence-electron chi connectivity index (χ0n) is 15.1. The molecule has 0 radical (unpaired) electrons. The van der Waals surface area contributed by atoms with Gasteiger partial charge in [0.25, 0.3) is 5.91 Å². The number of rotatable bonds is 5. The molecule has 0 atom stereocenters. The van der Waals surface area contributed by atoms with Gasteiger partial charge >= 0.3 is 0 Å². The number of hydrogen-bond acceptors (Lipinski definition) is 4. The van der Waals surface area contributed by atoms with E-state index in [4.69, 9.17) is 0 Å². The molecular formula is C22H17N3O2S. The van der Waals surface area contributed by atoms with Crippen molar-refractivity contribution in [2.75, 3.05) is 10.6 Å². The second kappa shape index (κ2) is 8.80. The molecule has 0 aliphatic heterocycles. The molecule has 0 spiro atoms. The summed E-state index contributed by atoms with van der Waals surface area (Å²) < 4.78 is 0. The van der Waals surface area contributed by atoms with Crippen molar-refractivity contribution in [2.24, 2.45) is 0 Å². The summed E-state index contributed by atoms with van der Waals surface area (Å²) in [5, 5.41) is 14.7. The summed E-state index contributed by atoms with van der Waals surface area (Å²) in [5.41, 5.74) is 2.28. The average molecular weight is 387 g/mol. The van der Waals surface area contributed by atoms with Crippen LogP contribution >= 0.6 is 11.3 Å². The second-order valence-electron chi connectivity index (χ2n) is 5.95. The van der Waals surface area contributed by atoms with E-state index < -0.39 is 5.91 Å². The van der Waals surface area contributed by atoms with Gasteiger partial charge < -0.3 is 10.6 Å². The third-order valence-electron chi connectivity index (χ3n) is 3.80. The molecule has 0 saturated carbocycles. The van der Waals surface area contributed by atoms with Crippen molar-refractivity contribution in [3.05, 3.63) is 77.2 Å². The predicted molar refractivity (Wildman–Crippen MR) is 113 cm³/mol. The Morgan fingerprint density at radius 3 is 2.18 bits per heavy atom. The van der Waals surface area contributed by atoms with Crippen LogP contribution in [0, 0.1) is 11.3 Å². The Labute approximate surface area is 167 Å². The number of hydrogen-bond donors (Lipinski definition) is 2. The smallest absolute Gasteiger partial charge is 0.266 e. The van der Waals surface area contributed by atoms with Crippen molar-refractivity contribution in [3.8, 4) is 16.5 Å². The summed E-state index contributed by atoms with van der Waals surface area (Å²) in [6.45, 7) is 1.42. The Hall–Kier alpha value is -3.69. The number of nitrogens with one attached hydrogen (secondary N) is 2. The van der Waals surface area contributed by atoms with Crippen LogP contribution in [-0.2, 0) is 9.59 Å². The number of carbonyl (C=O) groups is 2. The van der Waals surface area contributed by atoms with Gasteiger partial charge in [0.2, 0.25) is 5.91 Å². The van der Waals surface area contributed by atoms with Gasteiger partial charge in [-0.3, -0.25) is 9.59 Å². The van der Waals surface area contributed by atoms with Gasteiger partial charge in [-0.1, -0.05) is 30.3 Å². The number of carbonyl (C=O) groups excluding carboxylic acids is 2. The number of amides is 2. The van der Waals surface area contributed by atoms with Crippen molar-refractivity contribution in [2.45, 2.75) is 6.92 Å². The van der Waals surface area contributed by atoms with E-state index in [-0.39, 0.29) is 11.5 Å². The first-order valence-electron chi connectivity index (χ1n) is 8.51. The molecule has 1 heterocycles. The fourth-order valence-electron chi connectivity index (χ4n) is 2.52. The van der Waals surface area contributed by atoms with Crippen molar-refractivity contribution in [3.63, 3.8) is 0 Å². The Morgan fingerprint density at radius 2 is 1.57 bits per heavy atom. The molecule has 5 nitrogen and oxygen atoms in total. The number of thiophene rings is 1. The molecule has 1 aromatic heterocycles. The molecule has 0 unspecified atom stereocenters. The first kappa shape index (κ1) is 19.1. The van der Waals surface area contributed by atoms with E-state index in [1.54, 1.807) is 30.3 Å². The maximum atomic E-state index is 12.4. The Bertz CT molecular complexity index is 1060. The van der Waals surface area contributed by atoms with Crippen LogP contribution in [-0.4, -0.2) is 11.8 Å². The maximum absolute atomic E-state index is 12.4. The SMILES string of the molecule is CC(=O)Nc1ccc(NC(=O)/C(C#N)=C/c2ccc(-c3ccccc3)s2)cc1. The highest BCUT2D eigenvalue weighted by Crippen LogP contribution is 2.29. The molecule has 0 aliphatic rings. The second-order valence-corrected chi connectivity index (χ2v) is 7.07. The predicted octanol–water partition coefficient (Wildman–Crippen LogP) is 4.92. The highest BCUT2D eigenvalue weighted by molar-refractivity contribution is 7.16. The standard InChI is InChI=1S/C22H17N3O2S/c1-15(26)24-18-7-9-19(10-8-18)25-22(27)17(14-23)13-20-11-12-21(28-20)16-5-3-2-4-6-16/h2-13H,1H3,(H,24,26)(H,25,27)/b17-13+. The topological polar surface area (TPSA) is 82.0 Å². The molecule has 2 amide bonds. The molecule has 0 aliphatic carbocycles. The van der Waals surface area contributed by atoms with E-state index in [1.807, 2.05) is 48.5 Å². The highest BCUT2D eigenvalue weighted by Gasteiger charge is 2.11. The third kappa shape index (κ3) is 4.93. The molecule has 6 heteroatoms. The molecule has 0 saturated heterocycles. The van der Waals surface area contributed by atoms with E-state index in [9.17, 15) is 14.9 Å². The lowest BCUT2D eigenvalue weighted by molar-refractivity contribution is -0.114. The summed E-state index contributed by atoms with van der Waals surface area (Å²) in [6.07, 6.45) is 1.58. The Balaban J connectivity index is 1.72. The van der Waals surface area contributed by atoms with Crippen molar-refractivity contribution in [1.82, 2.24) is 0 Å². The summed E-state index contributed by atoms with van der Waals surface area (Å²) >= 11 is 1.51. The van der Waals surface area contributed by atoms with Crippen molar-refractivity contribution >= 4 is 40.6 Å². The van der Waals surface area contributed by atoms with E-state index >= 15 is 0 Å². The van der Waals surface area contributed by atoms with E-state index in [0.29, 0.717) is 11.4 Å². The number of anilines is 2. The van der Waals surface area contributed by atoms with E-state index in [1.165, 1.54) is 18.3 Å². The Kier molecular flexibility index (Phi) is 6.00. The van der Waals surface area contributed by atoms with Crippen LogP contribution in [0.15, 0.2) is 72.3 Å².